The first-order chi connectivity index (χ1) is 17.5. The summed E-state index contributed by atoms with van der Waals surface area (Å²) in [6.07, 6.45) is 1.57. The van der Waals surface area contributed by atoms with Crippen molar-refractivity contribution in [1.29, 1.82) is 0 Å². The highest BCUT2D eigenvalue weighted by Crippen LogP contribution is 2.33. The van der Waals surface area contributed by atoms with Gasteiger partial charge in [-0.15, -0.1) is 0 Å². The van der Waals surface area contributed by atoms with Gasteiger partial charge in [0.15, 0.2) is 11.5 Å². The third-order valence-corrected chi connectivity index (χ3v) is 6.99. The van der Waals surface area contributed by atoms with Crippen LogP contribution in [-0.4, -0.2) is 43.0 Å². The first-order valence-corrected chi connectivity index (χ1v) is 12.4. The molecule has 0 bridgehead atoms. The van der Waals surface area contributed by atoms with E-state index >= 15 is 0 Å². The third-order valence-electron chi connectivity index (χ3n) is 6.64. The number of nitrogens with zero attached hydrogens (tertiary/aromatic N) is 1. The molecule has 2 aliphatic rings. The van der Waals surface area contributed by atoms with Crippen LogP contribution in [-0.2, 0) is 11.2 Å². The topological polar surface area (TPSA) is 67.9 Å². The smallest absolute Gasteiger partial charge is 0.253 e. The lowest BCUT2D eigenvalue weighted by Crippen LogP contribution is -2.38. The van der Waals surface area contributed by atoms with Crippen molar-refractivity contribution in [1.82, 2.24) is 4.90 Å². The lowest BCUT2D eigenvalue weighted by Gasteiger charge is -2.32. The van der Waals surface area contributed by atoms with Gasteiger partial charge in [-0.25, -0.2) is 4.39 Å². The lowest BCUT2D eigenvalue weighted by molar-refractivity contribution is -0.115. The van der Waals surface area contributed by atoms with Gasteiger partial charge in [0.1, 0.15) is 19.0 Å². The van der Waals surface area contributed by atoms with Crippen LogP contribution in [0, 0.1) is 5.82 Å². The van der Waals surface area contributed by atoms with Gasteiger partial charge in [0.05, 0.1) is 6.42 Å². The van der Waals surface area contributed by atoms with Crippen LogP contribution in [0.5, 0.6) is 11.5 Å². The number of piperidine rings is 1. The quantitative estimate of drug-likeness (QED) is 0.497. The van der Waals surface area contributed by atoms with Crippen molar-refractivity contribution in [2.45, 2.75) is 25.2 Å². The predicted octanol–water partition coefficient (Wildman–Crippen LogP) is 5.45. The molecule has 6 nitrogen and oxygen atoms in total. The Hall–Kier alpha value is -3.58. The van der Waals surface area contributed by atoms with Gasteiger partial charge in [0, 0.05) is 34.9 Å². The molecule has 0 saturated carbocycles. The van der Waals surface area contributed by atoms with E-state index < -0.39 is 5.82 Å². The fourth-order valence-corrected chi connectivity index (χ4v) is 4.91. The molecule has 1 saturated heterocycles. The molecule has 2 amide bonds. The summed E-state index contributed by atoms with van der Waals surface area (Å²) in [4.78, 5) is 27.3. The molecule has 186 valence electrons. The standard InChI is InChI=1S/C28H26ClFN2O4/c29-23-2-1-3-24(30)22(23)17-27(33)31-21-7-4-18(5-8-21)19-10-12-32(13-11-19)28(34)20-6-9-25-26(16-20)36-15-14-35-25/h1-9,16,19H,10-15,17H2,(H,31,33). The number of halogens is 2. The number of carbonyl (C=O) groups excluding carboxylic acids is 2. The Morgan fingerprint density at radius 2 is 1.69 bits per heavy atom. The van der Waals surface area contributed by atoms with E-state index in [0.29, 0.717) is 55.0 Å². The summed E-state index contributed by atoms with van der Waals surface area (Å²) in [5, 5.41) is 3.04. The Balaban J connectivity index is 1.15. The first kappa shape index (κ1) is 24.1. The number of carbonyl (C=O) groups is 2. The SMILES string of the molecule is O=C(Cc1c(F)cccc1Cl)Nc1ccc(C2CCN(C(=O)c3ccc4c(c3)OCCO4)CC2)cc1. The number of ether oxygens (including phenoxy) is 2. The molecule has 1 N–H and O–H groups in total. The maximum atomic E-state index is 14.0. The van der Waals surface area contributed by atoms with Gasteiger partial charge in [-0.3, -0.25) is 9.59 Å². The van der Waals surface area contributed by atoms with E-state index in [1.54, 1.807) is 24.3 Å². The highest BCUT2D eigenvalue weighted by Gasteiger charge is 2.26. The second kappa shape index (κ2) is 10.6. The van der Waals surface area contributed by atoms with Gasteiger partial charge in [-0.2, -0.15) is 0 Å². The number of anilines is 1. The van der Waals surface area contributed by atoms with Crippen LogP contribution < -0.4 is 14.8 Å². The number of fused-ring (bicyclic) bond motifs is 1. The largest absolute Gasteiger partial charge is 0.486 e. The molecule has 0 spiro atoms. The zero-order valence-corrected chi connectivity index (χ0v) is 20.4. The number of rotatable bonds is 5. The van der Waals surface area contributed by atoms with Crippen LogP contribution >= 0.6 is 11.6 Å². The summed E-state index contributed by atoms with van der Waals surface area (Å²) in [5.41, 5.74) is 2.60. The fraction of sp³-hybridized carbons (Fsp3) is 0.286. The molecule has 3 aromatic carbocycles. The van der Waals surface area contributed by atoms with Gasteiger partial charge in [-0.1, -0.05) is 29.8 Å². The van der Waals surface area contributed by atoms with Crippen molar-refractivity contribution in [3.8, 4) is 11.5 Å². The second-order valence-corrected chi connectivity index (χ2v) is 9.38. The maximum Gasteiger partial charge on any atom is 0.253 e. The van der Waals surface area contributed by atoms with Crippen molar-refractivity contribution < 1.29 is 23.5 Å². The minimum absolute atomic E-state index is 0.00144. The summed E-state index contributed by atoms with van der Waals surface area (Å²) in [6, 6.07) is 17.4. The summed E-state index contributed by atoms with van der Waals surface area (Å²) in [5.74, 6) is 0.792. The van der Waals surface area contributed by atoms with Gasteiger partial charge in [0.25, 0.3) is 5.91 Å². The Morgan fingerprint density at radius 1 is 0.972 bits per heavy atom. The summed E-state index contributed by atoms with van der Waals surface area (Å²) in [7, 11) is 0. The predicted molar refractivity (Wildman–Crippen MR) is 135 cm³/mol. The van der Waals surface area contributed by atoms with Crippen LogP contribution in [0.2, 0.25) is 5.02 Å². The van der Waals surface area contributed by atoms with Crippen LogP contribution in [0.1, 0.15) is 40.2 Å². The van der Waals surface area contributed by atoms with E-state index in [0.717, 1.165) is 18.4 Å². The highest BCUT2D eigenvalue weighted by molar-refractivity contribution is 6.31. The number of nitrogens with one attached hydrogen (secondary N) is 1. The van der Waals surface area contributed by atoms with E-state index in [-0.39, 0.29) is 28.8 Å². The minimum Gasteiger partial charge on any atom is -0.486 e. The minimum atomic E-state index is -0.494. The summed E-state index contributed by atoms with van der Waals surface area (Å²) >= 11 is 6.02. The Bertz CT molecular complexity index is 1250. The monoisotopic (exact) mass is 508 g/mol. The molecular formula is C28H26ClFN2O4. The molecule has 36 heavy (non-hydrogen) atoms. The van der Waals surface area contributed by atoms with E-state index in [1.165, 1.54) is 12.1 Å². The Labute approximate surface area is 214 Å². The number of benzene rings is 3. The summed E-state index contributed by atoms with van der Waals surface area (Å²) < 4.78 is 25.1. The number of likely N-dealkylation sites (tertiary alicyclic amines) is 1. The molecule has 0 aromatic heterocycles. The number of hydrogen-bond donors (Lipinski definition) is 1. The van der Waals surface area contributed by atoms with Gasteiger partial charge in [-0.05, 0) is 66.8 Å². The van der Waals surface area contributed by atoms with Crippen LogP contribution in [0.25, 0.3) is 0 Å². The Kier molecular flexibility index (Phi) is 7.09. The lowest BCUT2D eigenvalue weighted by atomic mass is 9.89. The molecule has 2 heterocycles. The fourth-order valence-electron chi connectivity index (χ4n) is 4.68. The van der Waals surface area contributed by atoms with Gasteiger partial charge in [0.2, 0.25) is 5.91 Å². The summed E-state index contributed by atoms with van der Waals surface area (Å²) in [6.45, 7) is 2.34. The molecule has 0 atom stereocenters. The Morgan fingerprint density at radius 3 is 2.42 bits per heavy atom. The number of amides is 2. The van der Waals surface area contributed by atoms with E-state index in [4.69, 9.17) is 21.1 Å². The van der Waals surface area contributed by atoms with E-state index in [1.807, 2.05) is 29.2 Å². The van der Waals surface area contributed by atoms with E-state index in [9.17, 15) is 14.0 Å². The van der Waals surface area contributed by atoms with Gasteiger partial charge >= 0.3 is 0 Å². The number of hydrogen-bond acceptors (Lipinski definition) is 4. The van der Waals surface area contributed by atoms with E-state index in [2.05, 4.69) is 5.32 Å². The highest BCUT2D eigenvalue weighted by atomic mass is 35.5. The zero-order chi connectivity index (χ0) is 25.1. The third kappa shape index (κ3) is 5.31. The molecule has 0 aliphatic carbocycles. The van der Waals surface area contributed by atoms with Crippen LogP contribution in [0.4, 0.5) is 10.1 Å². The van der Waals surface area contributed by atoms with Gasteiger partial charge < -0.3 is 19.7 Å². The van der Waals surface area contributed by atoms with Crippen molar-refractivity contribution in [2.75, 3.05) is 31.6 Å². The van der Waals surface area contributed by atoms with Crippen molar-refractivity contribution in [3.63, 3.8) is 0 Å². The van der Waals surface area contributed by atoms with Crippen molar-refractivity contribution in [3.05, 3.63) is 88.2 Å². The maximum absolute atomic E-state index is 14.0. The first-order valence-electron chi connectivity index (χ1n) is 12.0. The molecule has 1 fully saturated rings. The van der Waals surface area contributed by atoms with Crippen LogP contribution in [0.3, 0.4) is 0 Å². The normalized spacial score (nSPS) is 15.4. The zero-order valence-electron chi connectivity index (χ0n) is 19.6. The molecule has 8 heteroatoms. The molecule has 3 aromatic rings. The molecule has 2 aliphatic heterocycles. The van der Waals surface area contributed by atoms with Crippen LogP contribution in [0.15, 0.2) is 60.7 Å². The molecular weight excluding hydrogens is 483 g/mol. The molecule has 5 rings (SSSR count). The average molecular weight is 509 g/mol. The van der Waals surface area contributed by atoms with Crippen molar-refractivity contribution >= 4 is 29.1 Å². The van der Waals surface area contributed by atoms with Crippen molar-refractivity contribution in [2.24, 2.45) is 0 Å². The molecule has 0 unspecified atom stereocenters. The average Bonchev–Trinajstić information content (AvgIpc) is 2.91. The second-order valence-electron chi connectivity index (χ2n) is 8.97. The molecule has 0 radical (unpaired) electrons.